The van der Waals surface area contributed by atoms with Crippen molar-refractivity contribution in [3.05, 3.63) is 48.3 Å². The van der Waals surface area contributed by atoms with E-state index in [9.17, 15) is 9.18 Å². The molecule has 8 nitrogen and oxygen atoms in total. The number of pyridine rings is 1. The molecule has 2 N–H and O–H groups in total. The van der Waals surface area contributed by atoms with Crippen LogP contribution in [-0.4, -0.2) is 65.0 Å². The second-order valence-electron chi connectivity index (χ2n) is 8.72. The van der Waals surface area contributed by atoms with Crippen molar-refractivity contribution in [1.82, 2.24) is 19.9 Å². The summed E-state index contributed by atoms with van der Waals surface area (Å²) in [5.74, 6) is -0.559. The summed E-state index contributed by atoms with van der Waals surface area (Å²) in [4.78, 5) is 29.6. The lowest BCUT2D eigenvalue weighted by molar-refractivity contribution is 0.102. The second kappa shape index (κ2) is 8.97. The van der Waals surface area contributed by atoms with Crippen LogP contribution in [0.3, 0.4) is 0 Å². The molecule has 1 amide bonds. The first-order valence-corrected chi connectivity index (χ1v) is 10.6. The van der Waals surface area contributed by atoms with Crippen LogP contribution in [0.25, 0.3) is 0 Å². The third-order valence-corrected chi connectivity index (χ3v) is 5.62. The number of fused-ring (bicyclic) bond motifs is 8. The van der Waals surface area contributed by atoms with Crippen molar-refractivity contribution in [1.29, 1.82) is 0 Å². The Hall–Kier alpha value is -3.07. The first-order chi connectivity index (χ1) is 14.9. The van der Waals surface area contributed by atoms with E-state index in [4.69, 9.17) is 0 Å². The van der Waals surface area contributed by atoms with Crippen molar-refractivity contribution in [2.24, 2.45) is 5.41 Å². The molecule has 0 saturated carbocycles. The van der Waals surface area contributed by atoms with Crippen LogP contribution in [0, 0.1) is 11.4 Å². The summed E-state index contributed by atoms with van der Waals surface area (Å²) in [6.45, 7) is 9.14. The fraction of sp³-hybridized carbons (Fsp3) is 0.455. The molecule has 0 spiro atoms. The van der Waals surface area contributed by atoms with Gasteiger partial charge in [-0.05, 0) is 17.9 Å². The summed E-state index contributed by atoms with van der Waals surface area (Å²) in [6, 6.07) is 2.93. The van der Waals surface area contributed by atoms with Crippen molar-refractivity contribution >= 4 is 23.2 Å². The van der Waals surface area contributed by atoms with Crippen molar-refractivity contribution in [3.8, 4) is 0 Å². The third kappa shape index (κ3) is 5.35. The number of rotatable bonds is 0. The normalized spacial score (nSPS) is 20.7. The number of aromatic nitrogens is 3. The number of carbonyl (C=O) groups excluding carboxylic acids is 1. The Morgan fingerprint density at radius 1 is 1.13 bits per heavy atom. The molecule has 0 aliphatic carbocycles. The van der Waals surface area contributed by atoms with Gasteiger partial charge in [0.2, 0.25) is 11.9 Å². The lowest BCUT2D eigenvalue weighted by atomic mass is 9.89. The first kappa shape index (κ1) is 21.2. The summed E-state index contributed by atoms with van der Waals surface area (Å²) in [7, 11) is 0. The Morgan fingerprint density at radius 3 is 2.74 bits per heavy atom. The van der Waals surface area contributed by atoms with E-state index >= 15 is 0 Å². The van der Waals surface area contributed by atoms with Gasteiger partial charge in [0.25, 0.3) is 5.91 Å². The van der Waals surface area contributed by atoms with Crippen LogP contribution >= 0.6 is 0 Å². The molecule has 164 valence electrons. The number of nitrogens with one attached hydrogen (secondary N) is 2. The summed E-state index contributed by atoms with van der Waals surface area (Å²) in [5.41, 5.74) is 1.34. The van der Waals surface area contributed by atoms with Crippen molar-refractivity contribution < 1.29 is 9.18 Å². The first-order valence-electron chi connectivity index (χ1n) is 10.6. The van der Waals surface area contributed by atoms with E-state index < -0.39 is 5.95 Å². The van der Waals surface area contributed by atoms with Crippen LogP contribution in [0.4, 0.5) is 21.7 Å². The van der Waals surface area contributed by atoms with Crippen molar-refractivity contribution in [2.75, 3.05) is 54.8 Å². The average Bonchev–Trinajstić information content (AvgIpc) is 2.77. The predicted octanol–water partition coefficient (Wildman–Crippen LogP) is 2.78. The number of piperazine rings is 1. The van der Waals surface area contributed by atoms with Crippen molar-refractivity contribution in [3.63, 3.8) is 0 Å². The lowest BCUT2D eigenvalue weighted by Crippen LogP contribution is -2.46. The Balaban J connectivity index is 1.65. The van der Waals surface area contributed by atoms with Gasteiger partial charge in [0.1, 0.15) is 5.69 Å². The third-order valence-electron chi connectivity index (χ3n) is 5.62. The molecule has 0 atom stereocenters. The van der Waals surface area contributed by atoms with E-state index in [0.29, 0.717) is 23.9 Å². The maximum atomic E-state index is 13.9. The highest BCUT2D eigenvalue weighted by atomic mass is 19.1. The van der Waals surface area contributed by atoms with Crippen LogP contribution in [0.1, 0.15) is 30.8 Å². The molecule has 9 heteroatoms. The van der Waals surface area contributed by atoms with Gasteiger partial charge in [-0.3, -0.25) is 9.69 Å². The molecule has 5 rings (SSSR count). The minimum Gasteiger partial charge on any atom is -0.367 e. The van der Waals surface area contributed by atoms with Crippen molar-refractivity contribution in [2.45, 2.75) is 20.3 Å². The van der Waals surface area contributed by atoms with Gasteiger partial charge in [-0.2, -0.15) is 4.39 Å². The van der Waals surface area contributed by atoms with Crippen LogP contribution in [0.15, 0.2) is 36.7 Å². The number of carbonyl (C=O) groups is 1. The molecule has 3 aliphatic rings. The Kier molecular flexibility index (Phi) is 6.13. The zero-order valence-electron chi connectivity index (χ0n) is 17.9. The maximum Gasteiger partial charge on any atom is 0.274 e. The molecular formula is C22H28FN7O. The number of hydrogen-bond acceptors (Lipinski definition) is 7. The molecule has 4 bridgehead atoms. The predicted molar refractivity (Wildman–Crippen MR) is 119 cm³/mol. The van der Waals surface area contributed by atoms with Gasteiger partial charge in [-0.1, -0.05) is 26.0 Å². The number of amides is 1. The van der Waals surface area contributed by atoms with Gasteiger partial charge in [0, 0.05) is 51.5 Å². The summed E-state index contributed by atoms with van der Waals surface area (Å²) in [6.07, 6.45) is 8.27. The molecule has 0 unspecified atom stereocenters. The largest absolute Gasteiger partial charge is 0.367 e. The molecule has 1 saturated heterocycles. The zero-order chi connectivity index (χ0) is 21.8. The molecule has 2 aromatic heterocycles. The quantitative estimate of drug-likeness (QED) is 0.496. The molecule has 1 fully saturated rings. The van der Waals surface area contributed by atoms with Crippen LogP contribution < -0.4 is 15.5 Å². The van der Waals surface area contributed by atoms with E-state index in [1.165, 1.54) is 12.3 Å². The Labute approximate surface area is 181 Å². The number of anilines is 3. The molecular weight excluding hydrogens is 397 g/mol. The van der Waals surface area contributed by atoms with Gasteiger partial charge in [0.15, 0.2) is 0 Å². The molecule has 31 heavy (non-hydrogen) atoms. The summed E-state index contributed by atoms with van der Waals surface area (Å²) in [5, 5.41) is 6.08. The highest BCUT2D eigenvalue weighted by Crippen LogP contribution is 2.27. The SMILES string of the molecule is CC1(C)C/C=C/CN2CCN(CC2)c2cc(F)ncc2NC(=O)c2ccnc(n2)NC1. The van der Waals surface area contributed by atoms with E-state index in [-0.39, 0.29) is 17.0 Å². The highest BCUT2D eigenvalue weighted by molar-refractivity contribution is 6.04. The fourth-order valence-corrected chi connectivity index (χ4v) is 3.72. The highest BCUT2D eigenvalue weighted by Gasteiger charge is 2.22. The van der Waals surface area contributed by atoms with E-state index in [1.54, 1.807) is 12.3 Å². The summed E-state index contributed by atoms with van der Waals surface area (Å²) >= 11 is 0. The second-order valence-corrected chi connectivity index (χ2v) is 8.72. The van der Waals surface area contributed by atoms with Crippen LogP contribution in [-0.2, 0) is 0 Å². The van der Waals surface area contributed by atoms with Crippen LogP contribution in [0.5, 0.6) is 0 Å². The molecule has 5 heterocycles. The standard InChI is InChI=1S/C22H28FN7O/c1-22(2)6-3-4-8-29-9-11-30(12-10-29)18-13-19(23)25-14-17(18)27-20(31)16-5-7-24-21(28-16)26-15-22/h3-5,7,13-14H,6,8-12,15H2,1-2H3,(H,27,31)(H,24,26,28)/b4-3+. The lowest BCUT2D eigenvalue weighted by Gasteiger charge is -2.36. The minimum atomic E-state index is -0.573. The fourth-order valence-electron chi connectivity index (χ4n) is 3.72. The molecule has 0 radical (unpaired) electrons. The molecule has 0 aromatic carbocycles. The average molecular weight is 426 g/mol. The van der Waals surface area contributed by atoms with Gasteiger partial charge in [0.05, 0.1) is 17.6 Å². The smallest absolute Gasteiger partial charge is 0.274 e. The molecule has 3 aliphatic heterocycles. The molecule has 2 aromatic rings. The number of hydrogen-bond donors (Lipinski definition) is 2. The Morgan fingerprint density at radius 2 is 1.94 bits per heavy atom. The maximum absolute atomic E-state index is 13.9. The van der Waals surface area contributed by atoms with Gasteiger partial charge >= 0.3 is 0 Å². The van der Waals surface area contributed by atoms with E-state index in [1.807, 2.05) is 0 Å². The van der Waals surface area contributed by atoms with E-state index in [2.05, 4.69) is 61.4 Å². The number of allylic oxidation sites excluding steroid dienone is 1. The summed E-state index contributed by atoms with van der Waals surface area (Å²) < 4.78 is 13.9. The monoisotopic (exact) mass is 425 g/mol. The van der Waals surface area contributed by atoms with Crippen LogP contribution in [0.2, 0.25) is 0 Å². The number of halogens is 1. The van der Waals surface area contributed by atoms with E-state index in [0.717, 1.165) is 39.1 Å². The van der Waals surface area contributed by atoms with Gasteiger partial charge in [-0.25, -0.2) is 15.0 Å². The zero-order valence-corrected chi connectivity index (χ0v) is 17.9. The Bertz CT molecular complexity index is 970. The van der Waals surface area contributed by atoms with Gasteiger partial charge in [-0.15, -0.1) is 0 Å². The van der Waals surface area contributed by atoms with Gasteiger partial charge < -0.3 is 15.5 Å². The number of nitrogens with zero attached hydrogens (tertiary/aromatic N) is 5. The minimum absolute atomic E-state index is 0.0109. The topological polar surface area (TPSA) is 86.3 Å².